The van der Waals surface area contributed by atoms with Crippen LogP contribution in [0.1, 0.15) is 47.0 Å². The van der Waals surface area contributed by atoms with Crippen LogP contribution in [0, 0.1) is 11.8 Å². The van der Waals surface area contributed by atoms with Crippen molar-refractivity contribution >= 4 is 5.97 Å². The number of rotatable bonds is 2. The molecule has 0 heterocycles. The van der Waals surface area contributed by atoms with Crippen LogP contribution in [-0.2, 0) is 9.53 Å². The van der Waals surface area contributed by atoms with Gasteiger partial charge in [-0.1, -0.05) is 13.3 Å². The van der Waals surface area contributed by atoms with E-state index < -0.39 is 17.8 Å². The van der Waals surface area contributed by atoms with Crippen molar-refractivity contribution in [1.29, 1.82) is 0 Å². The summed E-state index contributed by atoms with van der Waals surface area (Å²) in [6.07, 6.45) is 0.137. The van der Waals surface area contributed by atoms with Gasteiger partial charge >= 0.3 is 5.97 Å². The van der Waals surface area contributed by atoms with Gasteiger partial charge in [0.25, 0.3) is 0 Å². The Morgan fingerprint density at radius 1 is 1.29 bits per heavy atom. The van der Waals surface area contributed by atoms with Crippen molar-refractivity contribution in [2.45, 2.75) is 64.8 Å². The maximum atomic E-state index is 11.9. The van der Waals surface area contributed by atoms with Crippen LogP contribution in [0.4, 0.5) is 0 Å². The van der Waals surface area contributed by atoms with E-state index in [9.17, 15) is 15.0 Å². The lowest BCUT2D eigenvalue weighted by Crippen LogP contribution is -2.44. The van der Waals surface area contributed by atoms with Gasteiger partial charge < -0.3 is 14.9 Å². The minimum atomic E-state index is -0.814. The van der Waals surface area contributed by atoms with Gasteiger partial charge in [-0.05, 0) is 39.5 Å². The summed E-state index contributed by atoms with van der Waals surface area (Å²) >= 11 is 0. The Morgan fingerprint density at radius 3 is 2.35 bits per heavy atom. The van der Waals surface area contributed by atoms with Crippen molar-refractivity contribution in [3.05, 3.63) is 0 Å². The van der Waals surface area contributed by atoms with Crippen LogP contribution in [0.3, 0.4) is 0 Å². The lowest BCUT2D eigenvalue weighted by molar-refractivity contribution is -0.166. The quantitative estimate of drug-likeness (QED) is 0.722. The molecule has 0 aromatic heterocycles. The molecule has 1 aliphatic rings. The highest BCUT2D eigenvalue weighted by atomic mass is 16.6. The molecule has 1 saturated carbocycles. The largest absolute Gasteiger partial charge is 0.460 e. The number of hydrogen-bond donors (Lipinski definition) is 2. The molecule has 17 heavy (non-hydrogen) atoms. The van der Waals surface area contributed by atoms with Gasteiger partial charge in [-0.3, -0.25) is 4.79 Å². The van der Waals surface area contributed by atoms with Crippen LogP contribution in [0.5, 0.6) is 0 Å². The molecular weight excluding hydrogens is 220 g/mol. The van der Waals surface area contributed by atoms with E-state index in [-0.39, 0.29) is 17.8 Å². The van der Waals surface area contributed by atoms with Gasteiger partial charge in [-0.15, -0.1) is 0 Å². The van der Waals surface area contributed by atoms with E-state index >= 15 is 0 Å². The lowest BCUT2D eigenvalue weighted by Gasteiger charge is -2.36. The second-order valence-corrected chi connectivity index (χ2v) is 5.93. The van der Waals surface area contributed by atoms with Crippen LogP contribution in [0.15, 0.2) is 0 Å². The number of carbonyl (C=O) groups excluding carboxylic acids is 1. The Bertz CT molecular complexity index is 269. The minimum Gasteiger partial charge on any atom is -0.460 e. The van der Waals surface area contributed by atoms with Crippen LogP contribution in [0.25, 0.3) is 0 Å². The van der Waals surface area contributed by atoms with Crippen molar-refractivity contribution in [2.75, 3.05) is 0 Å². The molecule has 0 radical (unpaired) electrons. The Hall–Kier alpha value is -0.610. The van der Waals surface area contributed by atoms with E-state index in [0.29, 0.717) is 12.8 Å². The fourth-order valence-electron chi connectivity index (χ4n) is 2.33. The van der Waals surface area contributed by atoms with E-state index in [2.05, 4.69) is 0 Å². The second kappa shape index (κ2) is 5.36. The minimum absolute atomic E-state index is 0.0173. The SMILES string of the molecule is CCC1CC(C(=O)OC(C)(C)C)C[C@H](O)[C@@H]1O. The van der Waals surface area contributed by atoms with Crippen molar-refractivity contribution in [2.24, 2.45) is 11.8 Å². The number of ether oxygens (including phenoxy) is 1. The first-order chi connectivity index (χ1) is 7.74. The molecule has 4 nitrogen and oxygen atoms in total. The summed E-state index contributed by atoms with van der Waals surface area (Å²) < 4.78 is 5.32. The monoisotopic (exact) mass is 244 g/mol. The zero-order chi connectivity index (χ0) is 13.2. The average molecular weight is 244 g/mol. The first-order valence-electron chi connectivity index (χ1n) is 6.33. The van der Waals surface area contributed by atoms with Crippen LogP contribution < -0.4 is 0 Å². The van der Waals surface area contributed by atoms with Gasteiger partial charge in [0.2, 0.25) is 0 Å². The number of carbonyl (C=O) groups is 1. The summed E-state index contributed by atoms with van der Waals surface area (Å²) in [5.74, 6) is -0.573. The van der Waals surface area contributed by atoms with E-state index in [4.69, 9.17) is 4.74 Å². The highest BCUT2D eigenvalue weighted by molar-refractivity contribution is 5.73. The summed E-state index contributed by atoms with van der Waals surface area (Å²) in [6, 6.07) is 0. The van der Waals surface area contributed by atoms with E-state index in [1.165, 1.54) is 0 Å². The van der Waals surface area contributed by atoms with Gasteiger partial charge in [-0.2, -0.15) is 0 Å². The predicted octanol–water partition coefficient (Wildman–Crippen LogP) is 1.49. The highest BCUT2D eigenvalue weighted by Gasteiger charge is 2.39. The van der Waals surface area contributed by atoms with Crippen LogP contribution in [-0.4, -0.2) is 34.0 Å². The van der Waals surface area contributed by atoms with Crippen LogP contribution >= 0.6 is 0 Å². The fraction of sp³-hybridized carbons (Fsp3) is 0.923. The molecule has 0 saturated heterocycles. The maximum absolute atomic E-state index is 11.9. The molecule has 0 aliphatic heterocycles. The first kappa shape index (κ1) is 14.5. The molecule has 0 spiro atoms. The Balaban J connectivity index is 2.63. The zero-order valence-electron chi connectivity index (χ0n) is 11.1. The van der Waals surface area contributed by atoms with Crippen LogP contribution in [0.2, 0.25) is 0 Å². The van der Waals surface area contributed by atoms with Crippen molar-refractivity contribution in [3.8, 4) is 0 Å². The molecule has 2 unspecified atom stereocenters. The Kier molecular flexibility index (Phi) is 4.55. The molecule has 1 rings (SSSR count). The number of esters is 1. The van der Waals surface area contributed by atoms with E-state index in [0.717, 1.165) is 6.42 Å². The standard InChI is InChI=1S/C13H24O4/c1-5-8-6-9(7-10(14)11(8)15)12(16)17-13(2,3)4/h8-11,14-15H,5-7H2,1-4H3/t8?,9?,10-,11+/m0/s1. The van der Waals surface area contributed by atoms with Crippen molar-refractivity contribution in [1.82, 2.24) is 0 Å². The Labute approximate surface area is 103 Å². The van der Waals surface area contributed by atoms with E-state index in [1.807, 2.05) is 27.7 Å². The van der Waals surface area contributed by atoms with Gasteiger partial charge in [-0.25, -0.2) is 0 Å². The third-order valence-electron chi connectivity index (χ3n) is 3.25. The van der Waals surface area contributed by atoms with E-state index in [1.54, 1.807) is 0 Å². The van der Waals surface area contributed by atoms with Gasteiger partial charge in [0.05, 0.1) is 18.1 Å². The molecule has 100 valence electrons. The van der Waals surface area contributed by atoms with Gasteiger partial charge in [0, 0.05) is 0 Å². The summed E-state index contributed by atoms with van der Waals surface area (Å²) in [7, 11) is 0. The first-order valence-corrected chi connectivity index (χ1v) is 6.33. The third-order valence-corrected chi connectivity index (χ3v) is 3.25. The lowest BCUT2D eigenvalue weighted by atomic mass is 9.76. The molecular formula is C13H24O4. The summed E-state index contributed by atoms with van der Waals surface area (Å²) in [5.41, 5.74) is -0.500. The molecule has 4 atom stereocenters. The fourth-order valence-corrected chi connectivity index (χ4v) is 2.33. The highest BCUT2D eigenvalue weighted by Crippen LogP contribution is 2.33. The molecule has 0 bridgehead atoms. The number of aliphatic hydroxyl groups excluding tert-OH is 2. The topological polar surface area (TPSA) is 66.8 Å². The average Bonchev–Trinajstić information content (AvgIpc) is 2.19. The zero-order valence-corrected chi connectivity index (χ0v) is 11.1. The molecule has 1 fully saturated rings. The summed E-state index contributed by atoms with van der Waals surface area (Å²) in [5, 5.41) is 19.5. The molecule has 2 N–H and O–H groups in total. The number of hydrogen-bond acceptors (Lipinski definition) is 4. The summed E-state index contributed by atoms with van der Waals surface area (Å²) in [6.45, 7) is 7.45. The third kappa shape index (κ3) is 3.96. The van der Waals surface area contributed by atoms with Crippen molar-refractivity contribution in [3.63, 3.8) is 0 Å². The molecule has 0 aromatic rings. The van der Waals surface area contributed by atoms with Crippen molar-refractivity contribution < 1.29 is 19.7 Å². The Morgan fingerprint density at radius 2 is 1.88 bits per heavy atom. The summed E-state index contributed by atoms with van der Waals surface area (Å²) in [4.78, 5) is 11.9. The maximum Gasteiger partial charge on any atom is 0.309 e. The molecule has 1 aliphatic carbocycles. The van der Waals surface area contributed by atoms with Gasteiger partial charge in [0.1, 0.15) is 5.60 Å². The number of aliphatic hydroxyl groups is 2. The molecule has 4 heteroatoms. The molecule has 0 aromatic carbocycles. The molecule has 0 amide bonds. The predicted molar refractivity (Wildman–Crippen MR) is 64.4 cm³/mol. The normalized spacial score (nSPS) is 34.5. The smallest absolute Gasteiger partial charge is 0.309 e. The van der Waals surface area contributed by atoms with Gasteiger partial charge in [0.15, 0.2) is 0 Å². The second-order valence-electron chi connectivity index (χ2n) is 5.93.